The third-order valence-corrected chi connectivity index (χ3v) is 3.66. The maximum Gasteiger partial charge on any atom is 0.332 e. The highest BCUT2D eigenvalue weighted by atomic mass is 32.9. The summed E-state index contributed by atoms with van der Waals surface area (Å²) in [5.41, 5.74) is -2.96. The SMILES string of the molecule is CC(C)OC(=O)COP(=S)(S)OCC(=O)OC(C)C. The Labute approximate surface area is 123 Å². The molecule has 0 fully saturated rings. The van der Waals surface area contributed by atoms with Gasteiger partial charge in [0, 0.05) is 0 Å². The van der Waals surface area contributed by atoms with E-state index in [1.54, 1.807) is 27.7 Å². The number of hydrogen-bond donors (Lipinski definition) is 1. The van der Waals surface area contributed by atoms with Crippen LogP contribution in [0.2, 0.25) is 0 Å². The van der Waals surface area contributed by atoms with Gasteiger partial charge < -0.3 is 18.5 Å². The second-order valence-electron chi connectivity index (χ2n) is 4.09. The molecule has 0 heterocycles. The van der Waals surface area contributed by atoms with Crippen LogP contribution in [-0.4, -0.2) is 37.4 Å². The first-order valence-corrected chi connectivity index (χ1v) is 9.42. The summed E-state index contributed by atoms with van der Waals surface area (Å²) in [6, 6.07) is 0. The van der Waals surface area contributed by atoms with E-state index in [4.69, 9.17) is 30.3 Å². The van der Waals surface area contributed by atoms with E-state index in [1.165, 1.54) is 0 Å². The van der Waals surface area contributed by atoms with Crippen LogP contribution in [-0.2, 0) is 39.9 Å². The van der Waals surface area contributed by atoms with Gasteiger partial charge in [0.25, 0.3) is 0 Å². The molecule has 0 amide bonds. The van der Waals surface area contributed by atoms with E-state index < -0.39 is 17.6 Å². The van der Waals surface area contributed by atoms with Crippen molar-refractivity contribution in [3.8, 4) is 0 Å². The van der Waals surface area contributed by atoms with Crippen molar-refractivity contribution in [1.82, 2.24) is 0 Å². The fourth-order valence-electron chi connectivity index (χ4n) is 0.900. The van der Waals surface area contributed by atoms with Crippen LogP contribution < -0.4 is 0 Å². The van der Waals surface area contributed by atoms with Crippen molar-refractivity contribution in [1.29, 1.82) is 0 Å². The summed E-state index contributed by atoms with van der Waals surface area (Å²) in [6.07, 6.45) is -0.480. The summed E-state index contributed by atoms with van der Waals surface area (Å²) >= 11 is 8.91. The molecule has 0 radical (unpaired) electrons. The lowest BCUT2D eigenvalue weighted by molar-refractivity contribution is -0.150. The highest BCUT2D eigenvalue weighted by molar-refractivity contribution is 8.60. The van der Waals surface area contributed by atoms with E-state index in [9.17, 15) is 9.59 Å². The van der Waals surface area contributed by atoms with Gasteiger partial charge in [-0.25, -0.2) is 9.59 Å². The molecule has 0 saturated heterocycles. The number of esters is 2. The Hall–Kier alpha value is -0.140. The van der Waals surface area contributed by atoms with Crippen molar-refractivity contribution in [2.45, 2.75) is 39.9 Å². The second-order valence-corrected chi connectivity index (χ2v) is 9.38. The summed E-state index contributed by atoms with van der Waals surface area (Å²) in [7, 11) is 0. The van der Waals surface area contributed by atoms with Gasteiger partial charge in [-0.05, 0) is 39.5 Å². The Morgan fingerprint density at radius 1 is 1.00 bits per heavy atom. The fraction of sp³-hybridized carbons (Fsp3) is 0.800. The highest BCUT2D eigenvalue weighted by Gasteiger charge is 2.19. The summed E-state index contributed by atoms with van der Waals surface area (Å²) in [6.45, 7) is 6.14. The van der Waals surface area contributed by atoms with Crippen molar-refractivity contribution in [2.24, 2.45) is 0 Å². The maximum absolute atomic E-state index is 11.2. The van der Waals surface area contributed by atoms with Gasteiger partial charge >= 0.3 is 11.9 Å². The minimum atomic E-state index is -2.96. The molecule has 9 heteroatoms. The summed E-state index contributed by atoms with van der Waals surface area (Å²) in [5, 5.41) is 0. The predicted octanol–water partition coefficient (Wildman–Crippen LogP) is 2.08. The first kappa shape index (κ1) is 18.9. The second kappa shape index (κ2) is 8.92. The first-order valence-electron chi connectivity index (χ1n) is 5.63. The van der Waals surface area contributed by atoms with Gasteiger partial charge in [-0.3, -0.25) is 0 Å². The van der Waals surface area contributed by atoms with Crippen molar-refractivity contribution >= 4 is 41.7 Å². The average molecular weight is 330 g/mol. The third-order valence-electron chi connectivity index (χ3n) is 1.43. The number of carbonyl (C=O) groups is 2. The van der Waals surface area contributed by atoms with Crippen LogP contribution >= 0.6 is 17.9 Å². The summed E-state index contributed by atoms with van der Waals surface area (Å²) in [5.74, 6) is -1.13. The topological polar surface area (TPSA) is 71.1 Å². The molecule has 0 aliphatic carbocycles. The molecule has 0 rings (SSSR count). The van der Waals surface area contributed by atoms with Crippen molar-refractivity contribution in [3.05, 3.63) is 0 Å². The van der Waals surface area contributed by atoms with Crippen LogP contribution in [0.15, 0.2) is 0 Å². The molecule has 0 saturated carbocycles. The molecule has 0 aliphatic rings. The highest BCUT2D eigenvalue weighted by Crippen LogP contribution is 2.53. The minimum absolute atomic E-state index is 0.240. The van der Waals surface area contributed by atoms with E-state index in [2.05, 4.69) is 12.2 Å². The molecule has 0 unspecified atom stereocenters. The molecular weight excluding hydrogens is 311 g/mol. The summed E-state index contributed by atoms with van der Waals surface area (Å²) in [4.78, 5) is 22.5. The van der Waals surface area contributed by atoms with Gasteiger partial charge in [0.05, 0.1) is 12.2 Å². The van der Waals surface area contributed by atoms with Crippen molar-refractivity contribution < 1.29 is 28.1 Å². The van der Waals surface area contributed by atoms with Crippen LogP contribution in [0.25, 0.3) is 0 Å². The lowest BCUT2D eigenvalue weighted by Gasteiger charge is -2.17. The van der Waals surface area contributed by atoms with Gasteiger partial charge in [-0.1, -0.05) is 12.2 Å². The minimum Gasteiger partial charge on any atom is -0.461 e. The quantitative estimate of drug-likeness (QED) is 0.415. The van der Waals surface area contributed by atoms with Gasteiger partial charge in [-0.15, -0.1) is 0 Å². The number of thiol groups is 1. The van der Waals surface area contributed by atoms with Crippen LogP contribution in [0.3, 0.4) is 0 Å². The molecule has 112 valence electrons. The number of rotatable bonds is 8. The van der Waals surface area contributed by atoms with Gasteiger partial charge in [-0.2, -0.15) is 0 Å². The van der Waals surface area contributed by atoms with Crippen LogP contribution in [0, 0.1) is 0 Å². The summed E-state index contributed by atoms with van der Waals surface area (Å²) < 4.78 is 19.8. The van der Waals surface area contributed by atoms with Gasteiger partial charge in [0.1, 0.15) is 0 Å². The Kier molecular flexibility index (Phi) is 8.85. The zero-order valence-corrected chi connectivity index (χ0v) is 13.9. The molecule has 0 aromatic carbocycles. The Balaban J connectivity index is 4.02. The number of hydrogen-bond acceptors (Lipinski definition) is 7. The molecule has 0 spiro atoms. The molecule has 6 nitrogen and oxygen atoms in total. The van der Waals surface area contributed by atoms with Crippen LogP contribution in [0.5, 0.6) is 0 Å². The largest absolute Gasteiger partial charge is 0.461 e. The number of ether oxygens (including phenoxy) is 2. The van der Waals surface area contributed by atoms with E-state index in [1.807, 2.05) is 0 Å². The molecule has 0 aromatic heterocycles. The Morgan fingerprint density at radius 2 is 1.32 bits per heavy atom. The third kappa shape index (κ3) is 11.4. The van der Waals surface area contributed by atoms with E-state index in [0.29, 0.717) is 0 Å². The predicted molar refractivity (Wildman–Crippen MR) is 77.6 cm³/mol. The molecule has 0 N–H and O–H groups in total. The lowest BCUT2D eigenvalue weighted by atomic mass is 10.5. The first-order chi connectivity index (χ1) is 8.62. The molecule has 0 aliphatic heterocycles. The zero-order valence-electron chi connectivity index (χ0n) is 11.3. The van der Waals surface area contributed by atoms with Gasteiger partial charge in [0.15, 0.2) is 13.2 Å². The van der Waals surface area contributed by atoms with Crippen molar-refractivity contribution in [3.63, 3.8) is 0 Å². The Morgan fingerprint density at radius 3 is 1.58 bits per heavy atom. The molecule has 0 bridgehead atoms. The van der Waals surface area contributed by atoms with Crippen LogP contribution in [0.1, 0.15) is 27.7 Å². The van der Waals surface area contributed by atoms with Gasteiger partial charge in [0.2, 0.25) is 5.69 Å². The molecular formula is C10H19O6PS2. The normalized spacial score (nSPS) is 11.7. The smallest absolute Gasteiger partial charge is 0.332 e. The molecule has 19 heavy (non-hydrogen) atoms. The molecule has 0 atom stereocenters. The number of carbonyl (C=O) groups excluding carboxylic acids is 2. The van der Waals surface area contributed by atoms with Crippen molar-refractivity contribution in [2.75, 3.05) is 13.2 Å². The monoisotopic (exact) mass is 330 g/mol. The van der Waals surface area contributed by atoms with E-state index in [0.717, 1.165) is 0 Å². The Bertz CT molecular complexity index is 328. The molecule has 0 aromatic rings. The zero-order chi connectivity index (χ0) is 15.1. The van der Waals surface area contributed by atoms with E-state index >= 15 is 0 Å². The van der Waals surface area contributed by atoms with Crippen LogP contribution in [0.4, 0.5) is 0 Å². The average Bonchev–Trinajstić information content (AvgIpc) is 2.22. The maximum atomic E-state index is 11.2. The lowest BCUT2D eigenvalue weighted by Crippen LogP contribution is -2.18. The standard InChI is InChI=1S/C10H19O6PS2/c1-7(2)15-9(11)5-13-17(18,19)14-6-10(12)16-8(3)4/h7-8H,5-6H2,1-4H3,(H,18,19). The fourth-order valence-corrected chi connectivity index (χ4v) is 2.17. The van der Waals surface area contributed by atoms with E-state index in [-0.39, 0.29) is 25.4 Å².